The third kappa shape index (κ3) is 3.87. The fourth-order valence-corrected chi connectivity index (χ4v) is 2.48. The number of carbonyl (C=O) groups excluding carboxylic acids is 1. The lowest BCUT2D eigenvalue weighted by molar-refractivity contribution is 0.0742. The summed E-state index contributed by atoms with van der Waals surface area (Å²) in [6, 6.07) is 15.0. The summed E-state index contributed by atoms with van der Waals surface area (Å²) in [7, 11) is 3.45. The average Bonchev–Trinajstić information content (AvgIpc) is 2.54. The summed E-state index contributed by atoms with van der Waals surface area (Å²) in [4.78, 5) is 14.3. The second-order valence-corrected chi connectivity index (χ2v) is 5.71. The molecular formula is C18H20ClNO2. The molecule has 0 N–H and O–H groups in total. The Morgan fingerprint density at radius 1 is 1.23 bits per heavy atom. The zero-order valence-corrected chi connectivity index (χ0v) is 13.8. The molecule has 116 valence electrons. The quantitative estimate of drug-likeness (QED) is 0.822. The van der Waals surface area contributed by atoms with Crippen LogP contribution in [0.5, 0.6) is 0 Å². The monoisotopic (exact) mass is 317 g/mol. The van der Waals surface area contributed by atoms with Crippen molar-refractivity contribution in [3.63, 3.8) is 0 Å². The van der Waals surface area contributed by atoms with Crippen molar-refractivity contribution in [1.29, 1.82) is 0 Å². The smallest absolute Gasteiger partial charge is 0.254 e. The van der Waals surface area contributed by atoms with Crippen molar-refractivity contribution in [2.75, 3.05) is 14.2 Å². The molecule has 0 fully saturated rings. The molecule has 0 saturated heterocycles. The van der Waals surface area contributed by atoms with Crippen LogP contribution in [0.2, 0.25) is 5.02 Å². The highest BCUT2D eigenvalue weighted by Gasteiger charge is 2.19. The molecule has 0 bridgehead atoms. The molecule has 0 aliphatic carbocycles. The van der Waals surface area contributed by atoms with E-state index in [-0.39, 0.29) is 11.9 Å². The highest BCUT2D eigenvalue weighted by molar-refractivity contribution is 6.30. The minimum absolute atomic E-state index is 0.0172. The van der Waals surface area contributed by atoms with Crippen molar-refractivity contribution in [3.8, 4) is 0 Å². The summed E-state index contributed by atoms with van der Waals surface area (Å²) >= 11 is 6.02. The van der Waals surface area contributed by atoms with Gasteiger partial charge in [0.2, 0.25) is 0 Å². The van der Waals surface area contributed by atoms with E-state index in [9.17, 15) is 4.79 Å². The van der Waals surface area contributed by atoms with Crippen molar-refractivity contribution in [1.82, 2.24) is 4.90 Å². The summed E-state index contributed by atoms with van der Waals surface area (Å²) in [5, 5.41) is 0.675. The summed E-state index contributed by atoms with van der Waals surface area (Å²) in [6.07, 6.45) is 0. The number of hydrogen-bond acceptors (Lipinski definition) is 2. The second-order valence-electron chi connectivity index (χ2n) is 5.28. The van der Waals surface area contributed by atoms with Gasteiger partial charge in [0.15, 0.2) is 0 Å². The van der Waals surface area contributed by atoms with Crippen LogP contribution in [0.15, 0.2) is 48.5 Å². The molecular weight excluding hydrogens is 298 g/mol. The Kier molecular flexibility index (Phi) is 5.58. The van der Waals surface area contributed by atoms with E-state index < -0.39 is 0 Å². The predicted molar refractivity (Wildman–Crippen MR) is 89.1 cm³/mol. The van der Waals surface area contributed by atoms with Gasteiger partial charge in [-0.25, -0.2) is 0 Å². The first-order valence-electron chi connectivity index (χ1n) is 7.13. The zero-order chi connectivity index (χ0) is 16.1. The lowest BCUT2D eigenvalue weighted by Crippen LogP contribution is -2.29. The van der Waals surface area contributed by atoms with Crippen LogP contribution in [-0.2, 0) is 11.3 Å². The summed E-state index contributed by atoms with van der Waals surface area (Å²) in [5.74, 6) is -0.0172. The molecule has 1 atom stereocenters. The Bertz CT molecular complexity index is 640. The molecule has 0 aromatic heterocycles. The Hall–Kier alpha value is -1.84. The van der Waals surface area contributed by atoms with Gasteiger partial charge in [0.25, 0.3) is 5.91 Å². The van der Waals surface area contributed by atoms with Gasteiger partial charge < -0.3 is 9.64 Å². The fourth-order valence-electron chi connectivity index (χ4n) is 2.28. The van der Waals surface area contributed by atoms with E-state index in [0.717, 1.165) is 11.1 Å². The van der Waals surface area contributed by atoms with Gasteiger partial charge in [0.1, 0.15) is 0 Å². The second kappa shape index (κ2) is 7.43. The number of benzene rings is 2. The van der Waals surface area contributed by atoms with Crippen molar-refractivity contribution in [3.05, 3.63) is 70.2 Å². The van der Waals surface area contributed by atoms with Gasteiger partial charge in [0.05, 0.1) is 12.6 Å². The molecule has 0 spiro atoms. The molecule has 1 unspecified atom stereocenters. The fraction of sp³-hybridized carbons (Fsp3) is 0.278. The van der Waals surface area contributed by atoms with Gasteiger partial charge in [-0.3, -0.25) is 4.79 Å². The van der Waals surface area contributed by atoms with Gasteiger partial charge in [-0.2, -0.15) is 0 Å². The van der Waals surface area contributed by atoms with Gasteiger partial charge in [-0.15, -0.1) is 0 Å². The third-order valence-corrected chi connectivity index (χ3v) is 3.98. The van der Waals surface area contributed by atoms with Crippen LogP contribution in [0.25, 0.3) is 0 Å². The standard InChI is InChI=1S/C18H20ClNO2/c1-13(16-5-4-6-17(19)11-16)20(2)18(21)15-9-7-14(8-10-15)12-22-3/h4-11,13H,12H2,1-3H3. The SMILES string of the molecule is COCc1ccc(C(=O)N(C)C(C)c2cccc(Cl)c2)cc1. The Morgan fingerprint density at radius 3 is 2.50 bits per heavy atom. The highest BCUT2D eigenvalue weighted by Crippen LogP contribution is 2.23. The maximum atomic E-state index is 12.6. The lowest BCUT2D eigenvalue weighted by Gasteiger charge is -2.25. The molecule has 0 saturated carbocycles. The molecule has 0 aliphatic heterocycles. The number of ether oxygens (including phenoxy) is 1. The van der Waals surface area contributed by atoms with E-state index in [2.05, 4.69) is 0 Å². The van der Waals surface area contributed by atoms with Crippen LogP contribution < -0.4 is 0 Å². The lowest BCUT2D eigenvalue weighted by atomic mass is 10.1. The van der Waals surface area contributed by atoms with Gasteiger partial charge in [-0.1, -0.05) is 35.9 Å². The average molecular weight is 318 g/mol. The number of rotatable bonds is 5. The van der Waals surface area contributed by atoms with Gasteiger partial charge >= 0.3 is 0 Å². The maximum absolute atomic E-state index is 12.6. The Morgan fingerprint density at radius 2 is 1.91 bits per heavy atom. The Balaban J connectivity index is 2.14. The summed E-state index contributed by atoms with van der Waals surface area (Å²) in [5.41, 5.74) is 2.72. The number of carbonyl (C=O) groups is 1. The number of nitrogens with zero attached hydrogens (tertiary/aromatic N) is 1. The van der Waals surface area contributed by atoms with E-state index in [4.69, 9.17) is 16.3 Å². The van der Waals surface area contributed by atoms with Crippen LogP contribution in [0.3, 0.4) is 0 Å². The number of methoxy groups -OCH3 is 1. The highest BCUT2D eigenvalue weighted by atomic mass is 35.5. The molecule has 2 aromatic carbocycles. The molecule has 1 amide bonds. The largest absolute Gasteiger partial charge is 0.380 e. The molecule has 22 heavy (non-hydrogen) atoms. The van der Waals surface area contributed by atoms with Crippen molar-refractivity contribution < 1.29 is 9.53 Å². The van der Waals surface area contributed by atoms with Gasteiger partial charge in [-0.05, 0) is 42.3 Å². The van der Waals surface area contributed by atoms with E-state index in [0.29, 0.717) is 17.2 Å². The molecule has 2 aromatic rings. The number of halogens is 1. The minimum Gasteiger partial charge on any atom is -0.380 e. The van der Waals surface area contributed by atoms with Crippen LogP contribution in [0.4, 0.5) is 0 Å². The van der Waals surface area contributed by atoms with Crippen LogP contribution in [0.1, 0.15) is 34.5 Å². The van der Waals surface area contributed by atoms with Crippen LogP contribution in [0, 0.1) is 0 Å². The summed E-state index contributed by atoms with van der Waals surface area (Å²) in [6.45, 7) is 2.53. The van der Waals surface area contributed by atoms with Crippen molar-refractivity contribution >= 4 is 17.5 Å². The van der Waals surface area contributed by atoms with E-state index in [1.807, 2.05) is 55.5 Å². The minimum atomic E-state index is -0.0511. The van der Waals surface area contributed by atoms with Crippen LogP contribution >= 0.6 is 11.6 Å². The molecule has 0 heterocycles. The zero-order valence-electron chi connectivity index (χ0n) is 13.0. The first-order valence-corrected chi connectivity index (χ1v) is 7.51. The van der Waals surface area contributed by atoms with Crippen molar-refractivity contribution in [2.24, 2.45) is 0 Å². The van der Waals surface area contributed by atoms with Gasteiger partial charge in [0, 0.05) is 24.7 Å². The molecule has 3 nitrogen and oxygen atoms in total. The molecule has 0 radical (unpaired) electrons. The Labute approximate surface area is 136 Å². The maximum Gasteiger partial charge on any atom is 0.254 e. The van der Waals surface area contributed by atoms with E-state index >= 15 is 0 Å². The number of hydrogen-bond donors (Lipinski definition) is 0. The molecule has 4 heteroatoms. The van der Waals surface area contributed by atoms with E-state index in [1.54, 1.807) is 19.1 Å². The number of amides is 1. The summed E-state index contributed by atoms with van der Waals surface area (Å²) < 4.78 is 5.08. The van der Waals surface area contributed by atoms with Crippen LogP contribution in [-0.4, -0.2) is 25.0 Å². The normalized spacial score (nSPS) is 12.0. The van der Waals surface area contributed by atoms with E-state index in [1.165, 1.54) is 0 Å². The molecule has 2 rings (SSSR count). The third-order valence-electron chi connectivity index (χ3n) is 3.74. The molecule has 0 aliphatic rings. The topological polar surface area (TPSA) is 29.5 Å². The first kappa shape index (κ1) is 16.5. The van der Waals surface area contributed by atoms with Crippen molar-refractivity contribution in [2.45, 2.75) is 19.6 Å². The first-order chi connectivity index (χ1) is 10.5. The predicted octanol–water partition coefficient (Wildman–Crippen LogP) is 4.32.